The summed E-state index contributed by atoms with van der Waals surface area (Å²) in [5, 5.41) is 0. The summed E-state index contributed by atoms with van der Waals surface area (Å²) in [7, 11) is 4.76. The molecule has 0 N–H and O–H groups in total. The molecule has 35 heavy (non-hydrogen) atoms. The lowest BCUT2D eigenvalue weighted by atomic mass is 9.75. The van der Waals surface area contributed by atoms with Gasteiger partial charge in [0.1, 0.15) is 12.1 Å². The summed E-state index contributed by atoms with van der Waals surface area (Å²) in [5.74, 6) is 1.18. The molecule has 192 valence electrons. The Hall–Kier alpha value is -2.70. The molecule has 3 aliphatic rings. The van der Waals surface area contributed by atoms with Crippen LogP contribution in [-0.2, 0) is 14.3 Å². The third-order valence-corrected chi connectivity index (χ3v) is 7.74. The molecule has 4 rings (SSSR count). The molecule has 1 saturated carbocycles. The molecule has 2 unspecified atom stereocenters. The predicted molar refractivity (Wildman–Crippen MR) is 133 cm³/mol. The Kier molecular flexibility index (Phi) is 8.58. The quantitative estimate of drug-likeness (QED) is 0.380. The second kappa shape index (κ2) is 11.8. The van der Waals surface area contributed by atoms with Crippen molar-refractivity contribution in [2.45, 2.75) is 82.3 Å². The van der Waals surface area contributed by atoms with Crippen LogP contribution in [0.15, 0.2) is 24.3 Å². The van der Waals surface area contributed by atoms with Gasteiger partial charge < -0.3 is 23.8 Å². The van der Waals surface area contributed by atoms with E-state index in [9.17, 15) is 9.59 Å². The number of methoxy groups -OCH3 is 3. The summed E-state index contributed by atoms with van der Waals surface area (Å²) in [5.41, 5.74) is 0.856. The van der Waals surface area contributed by atoms with Crippen molar-refractivity contribution < 1.29 is 28.5 Å². The van der Waals surface area contributed by atoms with Crippen LogP contribution in [0.1, 0.15) is 75.7 Å². The molecule has 0 radical (unpaired) electrons. The van der Waals surface area contributed by atoms with Crippen molar-refractivity contribution in [3.63, 3.8) is 0 Å². The monoisotopic (exact) mass is 485 g/mol. The van der Waals surface area contributed by atoms with Gasteiger partial charge in [-0.3, -0.25) is 4.79 Å². The van der Waals surface area contributed by atoms with Crippen LogP contribution in [0.3, 0.4) is 0 Å². The van der Waals surface area contributed by atoms with Crippen molar-refractivity contribution in [3.05, 3.63) is 29.8 Å². The van der Waals surface area contributed by atoms with Crippen molar-refractivity contribution in [3.8, 4) is 17.2 Å². The predicted octanol–water partition coefficient (Wildman–Crippen LogP) is 5.02. The van der Waals surface area contributed by atoms with E-state index in [1.54, 1.807) is 26.2 Å². The molecular formula is C28H39NO6. The number of ether oxygens (including phenoxy) is 4. The molecule has 2 aliphatic carbocycles. The average Bonchev–Trinajstić information content (AvgIpc) is 3.41. The zero-order valence-electron chi connectivity index (χ0n) is 21.3. The van der Waals surface area contributed by atoms with E-state index in [4.69, 9.17) is 18.9 Å². The fourth-order valence-corrected chi connectivity index (χ4v) is 5.92. The number of amides is 1. The number of hydrogen-bond acceptors (Lipinski definition) is 6. The van der Waals surface area contributed by atoms with Crippen molar-refractivity contribution in [1.29, 1.82) is 0 Å². The molecule has 1 aromatic rings. The topological polar surface area (TPSA) is 74.3 Å². The first-order valence-corrected chi connectivity index (χ1v) is 13.0. The Bertz CT molecular complexity index is 889. The molecule has 2 atom stereocenters. The second-order valence-corrected chi connectivity index (χ2v) is 9.88. The number of nitrogens with zero attached hydrogens (tertiary/aromatic N) is 1. The summed E-state index contributed by atoms with van der Waals surface area (Å²) in [6.07, 6.45) is 13.4. The number of hydrogen-bond donors (Lipinski definition) is 0. The highest BCUT2D eigenvalue weighted by Crippen LogP contribution is 2.45. The van der Waals surface area contributed by atoms with Crippen LogP contribution in [0.4, 0.5) is 0 Å². The van der Waals surface area contributed by atoms with Crippen LogP contribution in [0, 0.1) is 5.92 Å². The lowest BCUT2D eigenvalue weighted by Crippen LogP contribution is -2.51. The Morgan fingerprint density at radius 1 is 0.857 bits per heavy atom. The fourth-order valence-electron chi connectivity index (χ4n) is 5.92. The summed E-state index contributed by atoms with van der Waals surface area (Å²) >= 11 is 0. The third-order valence-electron chi connectivity index (χ3n) is 7.74. The zero-order valence-corrected chi connectivity index (χ0v) is 21.3. The maximum absolute atomic E-state index is 14.3. The average molecular weight is 486 g/mol. The van der Waals surface area contributed by atoms with Crippen molar-refractivity contribution in [1.82, 2.24) is 4.90 Å². The largest absolute Gasteiger partial charge is 0.493 e. The SMILES string of the molecule is COc1cc(C(C(=O)N2CCCCC2C(=O)OC2CC=CC2)C2CCCCC2)cc(OC)c1OC. The molecule has 2 fully saturated rings. The van der Waals surface area contributed by atoms with Gasteiger partial charge in [-0.2, -0.15) is 0 Å². The molecule has 1 aromatic carbocycles. The first kappa shape index (κ1) is 25.4. The molecular weight excluding hydrogens is 446 g/mol. The van der Waals surface area contributed by atoms with E-state index in [-0.39, 0.29) is 29.8 Å². The normalized spacial score (nSPS) is 22.0. The van der Waals surface area contributed by atoms with Crippen LogP contribution < -0.4 is 14.2 Å². The lowest BCUT2D eigenvalue weighted by molar-refractivity contribution is -0.162. The maximum atomic E-state index is 14.3. The molecule has 7 heteroatoms. The molecule has 0 aromatic heterocycles. The Balaban J connectivity index is 1.66. The van der Waals surface area contributed by atoms with Gasteiger partial charge in [-0.15, -0.1) is 0 Å². The molecule has 0 bridgehead atoms. The highest BCUT2D eigenvalue weighted by atomic mass is 16.5. The number of rotatable bonds is 8. The molecule has 7 nitrogen and oxygen atoms in total. The molecule has 1 aliphatic heterocycles. The van der Waals surface area contributed by atoms with Crippen LogP contribution in [0.2, 0.25) is 0 Å². The van der Waals surface area contributed by atoms with Crippen LogP contribution in [0.25, 0.3) is 0 Å². The van der Waals surface area contributed by atoms with Gasteiger partial charge in [-0.1, -0.05) is 31.4 Å². The highest BCUT2D eigenvalue weighted by Gasteiger charge is 2.41. The van der Waals surface area contributed by atoms with E-state index in [1.165, 1.54) is 6.42 Å². The molecule has 1 amide bonds. The van der Waals surface area contributed by atoms with Crippen LogP contribution >= 0.6 is 0 Å². The number of piperidine rings is 1. The van der Waals surface area contributed by atoms with Crippen LogP contribution in [-0.4, -0.2) is 56.8 Å². The maximum Gasteiger partial charge on any atom is 0.329 e. The third kappa shape index (κ3) is 5.60. The number of benzene rings is 1. The van der Waals surface area contributed by atoms with Gasteiger partial charge in [0.2, 0.25) is 11.7 Å². The van der Waals surface area contributed by atoms with Gasteiger partial charge in [0.25, 0.3) is 0 Å². The Labute approximate surface area is 208 Å². The number of esters is 1. The summed E-state index contributed by atoms with van der Waals surface area (Å²) in [6.45, 7) is 0.579. The van der Waals surface area contributed by atoms with Crippen molar-refractivity contribution in [2.24, 2.45) is 5.92 Å². The lowest BCUT2D eigenvalue weighted by Gasteiger charge is -2.39. The van der Waals surface area contributed by atoms with E-state index < -0.39 is 6.04 Å². The van der Waals surface area contributed by atoms with E-state index in [0.717, 1.165) is 56.9 Å². The number of likely N-dealkylation sites (tertiary alicyclic amines) is 1. The van der Waals surface area contributed by atoms with E-state index in [2.05, 4.69) is 0 Å². The summed E-state index contributed by atoms with van der Waals surface area (Å²) in [6, 6.07) is 3.28. The Morgan fingerprint density at radius 3 is 2.09 bits per heavy atom. The van der Waals surface area contributed by atoms with Gasteiger partial charge >= 0.3 is 5.97 Å². The first-order chi connectivity index (χ1) is 17.1. The molecule has 1 saturated heterocycles. The van der Waals surface area contributed by atoms with Gasteiger partial charge in [-0.05, 0) is 55.7 Å². The van der Waals surface area contributed by atoms with E-state index in [0.29, 0.717) is 30.2 Å². The minimum Gasteiger partial charge on any atom is -0.493 e. The number of carbonyl (C=O) groups is 2. The van der Waals surface area contributed by atoms with Crippen LogP contribution in [0.5, 0.6) is 17.2 Å². The summed E-state index contributed by atoms with van der Waals surface area (Å²) < 4.78 is 22.5. The van der Waals surface area contributed by atoms with Gasteiger partial charge in [0.05, 0.1) is 27.2 Å². The van der Waals surface area contributed by atoms with E-state index in [1.807, 2.05) is 24.3 Å². The van der Waals surface area contributed by atoms with Gasteiger partial charge in [0, 0.05) is 19.4 Å². The smallest absolute Gasteiger partial charge is 0.329 e. The molecule has 0 spiro atoms. The molecule has 1 heterocycles. The second-order valence-electron chi connectivity index (χ2n) is 9.88. The van der Waals surface area contributed by atoms with Gasteiger partial charge in [-0.25, -0.2) is 4.79 Å². The fraction of sp³-hybridized carbons (Fsp3) is 0.643. The standard InChI is InChI=1S/C28H39NO6/c1-32-23-17-20(18-24(33-2)26(23)34-3)25(19-11-5-4-6-12-19)27(30)29-16-10-9-15-22(29)28(31)35-21-13-7-8-14-21/h7-8,17-19,21-22,25H,4-6,9-16H2,1-3H3. The minimum atomic E-state index is -0.523. The zero-order chi connectivity index (χ0) is 24.8. The Morgan fingerprint density at radius 2 is 1.49 bits per heavy atom. The van der Waals surface area contributed by atoms with Crippen molar-refractivity contribution in [2.75, 3.05) is 27.9 Å². The minimum absolute atomic E-state index is 0.0115. The first-order valence-electron chi connectivity index (χ1n) is 13.0. The number of carbonyl (C=O) groups excluding carboxylic acids is 2. The van der Waals surface area contributed by atoms with Crippen molar-refractivity contribution >= 4 is 11.9 Å². The van der Waals surface area contributed by atoms with Gasteiger partial charge in [0.15, 0.2) is 11.5 Å². The van der Waals surface area contributed by atoms with E-state index >= 15 is 0 Å². The summed E-state index contributed by atoms with van der Waals surface area (Å²) in [4.78, 5) is 29.3. The highest BCUT2D eigenvalue weighted by molar-refractivity contribution is 5.89.